The summed E-state index contributed by atoms with van der Waals surface area (Å²) in [5.74, 6) is 0.560. The molecule has 0 aliphatic rings. The summed E-state index contributed by atoms with van der Waals surface area (Å²) in [5.41, 5.74) is 2.09. The van der Waals surface area contributed by atoms with Crippen LogP contribution < -0.4 is 0 Å². The molecule has 0 atom stereocenters. The molecule has 0 radical (unpaired) electrons. The maximum Gasteiger partial charge on any atom is 0.342 e. The number of nitrogens with zero attached hydrogens (tertiary/aromatic N) is 3. The summed E-state index contributed by atoms with van der Waals surface area (Å²) < 4.78 is 1.46. The molecule has 0 aliphatic heterocycles. The van der Waals surface area contributed by atoms with Crippen molar-refractivity contribution in [3.05, 3.63) is 58.0 Å². The highest BCUT2D eigenvalue weighted by molar-refractivity contribution is 5.78. The SMILES string of the molecule is C/C(=C\c1ncc([N+](=O)[O-])n1C)c1ccccc1. The molecule has 1 aromatic heterocycles. The van der Waals surface area contributed by atoms with Crippen LogP contribution in [-0.4, -0.2) is 14.5 Å². The number of rotatable bonds is 3. The molecule has 0 bridgehead atoms. The number of imidazole rings is 1. The third-order valence-electron chi connectivity index (χ3n) is 2.76. The lowest BCUT2D eigenvalue weighted by molar-refractivity contribution is -0.391. The molecule has 92 valence electrons. The maximum atomic E-state index is 10.7. The topological polar surface area (TPSA) is 61.0 Å². The Labute approximate surface area is 105 Å². The molecule has 0 spiro atoms. The number of allylic oxidation sites excluding steroid dienone is 1. The van der Waals surface area contributed by atoms with Gasteiger partial charge in [-0.15, -0.1) is 0 Å². The van der Waals surface area contributed by atoms with E-state index >= 15 is 0 Å². The van der Waals surface area contributed by atoms with E-state index in [0.717, 1.165) is 11.1 Å². The van der Waals surface area contributed by atoms with Crippen LogP contribution in [0, 0.1) is 10.1 Å². The van der Waals surface area contributed by atoms with Crippen LogP contribution in [0.2, 0.25) is 0 Å². The summed E-state index contributed by atoms with van der Waals surface area (Å²) in [6.45, 7) is 1.95. The Morgan fingerprint density at radius 2 is 2.06 bits per heavy atom. The van der Waals surface area contributed by atoms with E-state index in [1.807, 2.05) is 43.3 Å². The van der Waals surface area contributed by atoms with Gasteiger partial charge in [0.15, 0.2) is 0 Å². The van der Waals surface area contributed by atoms with Crippen molar-refractivity contribution in [3.8, 4) is 0 Å². The first-order chi connectivity index (χ1) is 8.59. The molecule has 1 aromatic carbocycles. The largest absolute Gasteiger partial charge is 0.358 e. The van der Waals surface area contributed by atoms with Crippen LogP contribution in [0.25, 0.3) is 11.6 Å². The van der Waals surface area contributed by atoms with Gasteiger partial charge in [0.05, 0.1) is 7.05 Å². The fourth-order valence-corrected chi connectivity index (χ4v) is 1.70. The van der Waals surface area contributed by atoms with Crippen molar-refractivity contribution in [1.82, 2.24) is 9.55 Å². The number of benzene rings is 1. The van der Waals surface area contributed by atoms with Crippen molar-refractivity contribution in [3.63, 3.8) is 0 Å². The lowest BCUT2D eigenvalue weighted by Gasteiger charge is -2.00. The Bertz CT molecular complexity index is 600. The molecule has 0 unspecified atom stereocenters. The zero-order chi connectivity index (χ0) is 13.1. The van der Waals surface area contributed by atoms with Gasteiger partial charge in [0.1, 0.15) is 6.20 Å². The van der Waals surface area contributed by atoms with Gasteiger partial charge in [-0.1, -0.05) is 30.3 Å². The smallest absolute Gasteiger partial charge is 0.342 e. The van der Waals surface area contributed by atoms with E-state index in [4.69, 9.17) is 0 Å². The lowest BCUT2D eigenvalue weighted by Crippen LogP contribution is -1.98. The molecule has 0 fully saturated rings. The van der Waals surface area contributed by atoms with Crippen molar-refractivity contribution in [1.29, 1.82) is 0 Å². The molecule has 0 aliphatic carbocycles. The van der Waals surface area contributed by atoms with Gasteiger partial charge in [-0.25, -0.2) is 9.55 Å². The van der Waals surface area contributed by atoms with E-state index < -0.39 is 4.92 Å². The van der Waals surface area contributed by atoms with Gasteiger partial charge in [0, 0.05) is 6.08 Å². The monoisotopic (exact) mass is 243 g/mol. The Hall–Kier alpha value is -2.43. The van der Waals surface area contributed by atoms with Gasteiger partial charge in [0.2, 0.25) is 5.82 Å². The van der Waals surface area contributed by atoms with E-state index in [0.29, 0.717) is 5.82 Å². The molecule has 1 heterocycles. The zero-order valence-corrected chi connectivity index (χ0v) is 10.2. The molecule has 0 N–H and O–H groups in total. The third-order valence-corrected chi connectivity index (χ3v) is 2.76. The van der Waals surface area contributed by atoms with Crippen molar-refractivity contribution >= 4 is 17.5 Å². The first kappa shape index (κ1) is 12.0. The van der Waals surface area contributed by atoms with Gasteiger partial charge in [-0.3, -0.25) is 0 Å². The second-order valence-electron chi connectivity index (χ2n) is 3.98. The Kier molecular flexibility index (Phi) is 3.23. The van der Waals surface area contributed by atoms with Gasteiger partial charge in [-0.2, -0.15) is 0 Å². The number of aromatic nitrogens is 2. The second kappa shape index (κ2) is 4.83. The normalized spacial score (nSPS) is 11.6. The van der Waals surface area contributed by atoms with Crippen LogP contribution in [0.1, 0.15) is 18.3 Å². The minimum atomic E-state index is -0.442. The van der Waals surface area contributed by atoms with Crippen LogP contribution in [0.4, 0.5) is 5.82 Å². The second-order valence-corrected chi connectivity index (χ2v) is 3.98. The van der Waals surface area contributed by atoms with Gasteiger partial charge < -0.3 is 10.1 Å². The Balaban J connectivity index is 2.37. The molecular formula is C13H13N3O2. The first-order valence-electron chi connectivity index (χ1n) is 5.49. The standard InChI is InChI=1S/C13H13N3O2/c1-10(11-6-4-3-5-7-11)8-12-14-9-13(15(12)2)16(17)18/h3-9H,1-2H3/b10-8+. The highest BCUT2D eigenvalue weighted by atomic mass is 16.6. The lowest BCUT2D eigenvalue weighted by atomic mass is 10.1. The van der Waals surface area contributed by atoms with Crippen LogP contribution in [-0.2, 0) is 7.05 Å². The minimum absolute atomic E-state index is 0.0119. The fraction of sp³-hybridized carbons (Fsp3) is 0.154. The number of hydrogen-bond donors (Lipinski definition) is 0. The summed E-state index contributed by atoms with van der Waals surface area (Å²) in [6, 6.07) is 9.83. The first-order valence-corrected chi connectivity index (χ1v) is 5.49. The van der Waals surface area contributed by atoms with Crippen LogP contribution in [0.15, 0.2) is 36.5 Å². The predicted octanol–water partition coefficient (Wildman–Crippen LogP) is 2.89. The van der Waals surface area contributed by atoms with Crippen molar-refractivity contribution in [2.45, 2.75) is 6.92 Å². The van der Waals surface area contributed by atoms with Crippen LogP contribution in [0.3, 0.4) is 0 Å². The average molecular weight is 243 g/mol. The fourth-order valence-electron chi connectivity index (χ4n) is 1.70. The molecule has 0 saturated carbocycles. The number of hydrogen-bond acceptors (Lipinski definition) is 3. The molecule has 0 amide bonds. The summed E-state index contributed by atoms with van der Waals surface area (Å²) in [6.07, 6.45) is 3.10. The van der Waals surface area contributed by atoms with Crippen molar-refractivity contribution < 1.29 is 4.92 Å². The zero-order valence-electron chi connectivity index (χ0n) is 10.2. The third kappa shape index (κ3) is 2.29. The summed E-state index contributed by atoms with van der Waals surface area (Å²) in [5, 5.41) is 10.7. The summed E-state index contributed by atoms with van der Waals surface area (Å²) >= 11 is 0. The van der Waals surface area contributed by atoms with E-state index in [-0.39, 0.29) is 5.82 Å². The van der Waals surface area contributed by atoms with E-state index in [9.17, 15) is 10.1 Å². The molecule has 5 nitrogen and oxygen atoms in total. The van der Waals surface area contributed by atoms with Gasteiger partial charge in [-0.05, 0) is 23.0 Å². The maximum absolute atomic E-state index is 10.7. The molecule has 0 saturated heterocycles. The highest BCUT2D eigenvalue weighted by Gasteiger charge is 2.14. The highest BCUT2D eigenvalue weighted by Crippen LogP contribution is 2.19. The van der Waals surface area contributed by atoms with Gasteiger partial charge in [0.25, 0.3) is 0 Å². The van der Waals surface area contributed by atoms with E-state index in [1.165, 1.54) is 10.8 Å². The summed E-state index contributed by atoms with van der Waals surface area (Å²) in [7, 11) is 1.63. The van der Waals surface area contributed by atoms with Crippen LogP contribution in [0.5, 0.6) is 0 Å². The molecule has 2 aromatic rings. The van der Waals surface area contributed by atoms with Crippen LogP contribution >= 0.6 is 0 Å². The summed E-state index contributed by atoms with van der Waals surface area (Å²) in [4.78, 5) is 14.3. The van der Waals surface area contributed by atoms with E-state index in [2.05, 4.69) is 4.98 Å². The molecule has 18 heavy (non-hydrogen) atoms. The Morgan fingerprint density at radius 3 is 2.61 bits per heavy atom. The number of nitro groups is 1. The molecule has 5 heteroatoms. The average Bonchev–Trinajstić information content (AvgIpc) is 2.72. The van der Waals surface area contributed by atoms with Crippen molar-refractivity contribution in [2.75, 3.05) is 0 Å². The molecular weight excluding hydrogens is 230 g/mol. The minimum Gasteiger partial charge on any atom is -0.358 e. The quantitative estimate of drug-likeness (QED) is 0.615. The Morgan fingerprint density at radius 1 is 1.39 bits per heavy atom. The predicted molar refractivity (Wildman–Crippen MR) is 69.8 cm³/mol. The molecule has 2 rings (SSSR count). The van der Waals surface area contributed by atoms with E-state index in [1.54, 1.807) is 7.05 Å². The van der Waals surface area contributed by atoms with Gasteiger partial charge >= 0.3 is 5.82 Å². The van der Waals surface area contributed by atoms with Crippen molar-refractivity contribution in [2.24, 2.45) is 7.05 Å².